The minimum atomic E-state index is 0.458. The predicted octanol–water partition coefficient (Wildman–Crippen LogP) is 3.29. The van der Waals surface area contributed by atoms with Crippen LogP contribution in [0.1, 0.15) is 57.2 Å². The fourth-order valence-corrected chi connectivity index (χ4v) is 2.85. The van der Waals surface area contributed by atoms with E-state index in [4.69, 9.17) is 10.7 Å². The molecule has 1 atom stereocenters. The van der Waals surface area contributed by atoms with Crippen molar-refractivity contribution in [2.75, 3.05) is 18.0 Å². The third-order valence-corrected chi connectivity index (χ3v) is 4.03. The molecule has 1 aromatic rings. The average molecular weight is 261 g/mol. The Bertz CT molecular complexity index is 414. The second-order valence-electron chi connectivity index (χ2n) is 6.01. The maximum atomic E-state index is 5.82. The first kappa shape index (κ1) is 14.3. The van der Waals surface area contributed by atoms with Gasteiger partial charge in [0.05, 0.1) is 0 Å². The fourth-order valence-electron chi connectivity index (χ4n) is 2.85. The average Bonchev–Trinajstić information content (AvgIpc) is 2.87. The molecule has 2 heterocycles. The van der Waals surface area contributed by atoms with E-state index in [1.54, 1.807) is 0 Å². The minimum absolute atomic E-state index is 0.458. The van der Waals surface area contributed by atoms with Crippen LogP contribution in [0.25, 0.3) is 0 Å². The molecule has 0 aliphatic carbocycles. The maximum absolute atomic E-state index is 5.82. The third-order valence-electron chi connectivity index (χ3n) is 4.03. The van der Waals surface area contributed by atoms with E-state index in [9.17, 15) is 0 Å². The van der Waals surface area contributed by atoms with Crippen molar-refractivity contribution < 1.29 is 0 Å². The summed E-state index contributed by atoms with van der Waals surface area (Å²) in [7, 11) is 0. The first-order chi connectivity index (χ1) is 9.13. The molecule has 3 heteroatoms. The van der Waals surface area contributed by atoms with Crippen molar-refractivity contribution >= 4 is 5.82 Å². The molecule has 3 nitrogen and oxygen atoms in total. The van der Waals surface area contributed by atoms with Gasteiger partial charge in [0.2, 0.25) is 0 Å². The van der Waals surface area contributed by atoms with E-state index in [0.29, 0.717) is 12.5 Å². The van der Waals surface area contributed by atoms with Gasteiger partial charge >= 0.3 is 0 Å². The van der Waals surface area contributed by atoms with Crippen molar-refractivity contribution in [2.45, 2.75) is 52.5 Å². The van der Waals surface area contributed by atoms with Gasteiger partial charge in [0, 0.05) is 25.3 Å². The minimum Gasteiger partial charge on any atom is -0.356 e. The van der Waals surface area contributed by atoms with Crippen LogP contribution in [0.5, 0.6) is 0 Å². The molecule has 1 fully saturated rings. The van der Waals surface area contributed by atoms with Crippen LogP contribution in [0.15, 0.2) is 12.1 Å². The molecule has 0 radical (unpaired) electrons. The molecule has 1 aliphatic rings. The largest absolute Gasteiger partial charge is 0.356 e. The Morgan fingerprint density at radius 1 is 1.42 bits per heavy atom. The van der Waals surface area contributed by atoms with E-state index in [0.717, 1.165) is 30.5 Å². The smallest absolute Gasteiger partial charge is 0.129 e. The fraction of sp³-hybridized carbons (Fsp3) is 0.688. The molecule has 0 amide bonds. The summed E-state index contributed by atoms with van der Waals surface area (Å²) < 4.78 is 0. The van der Waals surface area contributed by atoms with E-state index < -0.39 is 0 Å². The molecule has 106 valence electrons. The number of nitrogens with two attached hydrogens (primary N) is 1. The summed E-state index contributed by atoms with van der Waals surface area (Å²) in [6, 6.07) is 4.31. The van der Waals surface area contributed by atoms with Gasteiger partial charge in [0.25, 0.3) is 0 Å². The molecule has 19 heavy (non-hydrogen) atoms. The molecule has 1 saturated heterocycles. The summed E-state index contributed by atoms with van der Waals surface area (Å²) in [6.07, 6.45) is 3.93. The van der Waals surface area contributed by atoms with Crippen LogP contribution in [0.4, 0.5) is 5.82 Å². The molecule has 0 spiro atoms. The van der Waals surface area contributed by atoms with Gasteiger partial charge in [-0.25, -0.2) is 4.98 Å². The van der Waals surface area contributed by atoms with Crippen LogP contribution in [0, 0.1) is 5.92 Å². The lowest BCUT2D eigenvalue weighted by Gasteiger charge is -2.20. The summed E-state index contributed by atoms with van der Waals surface area (Å²) in [6.45, 7) is 9.55. The van der Waals surface area contributed by atoms with Crippen LogP contribution < -0.4 is 10.6 Å². The number of anilines is 1. The number of nitrogens with zero attached hydrogens (tertiary/aromatic N) is 2. The zero-order chi connectivity index (χ0) is 13.8. The number of pyridine rings is 1. The maximum Gasteiger partial charge on any atom is 0.129 e. The van der Waals surface area contributed by atoms with Gasteiger partial charge < -0.3 is 10.6 Å². The first-order valence-electron chi connectivity index (χ1n) is 7.60. The summed E-state index contributed by atoms with van der Waals surface area (Å²) in [5, 5.41) is 0. The van der Waals surface area contributed by atoms with Gasteiger partial charge in [-0.05, 0) is 42.4 Å². The second kappa shape index (κ2) is 6.38. The van der Waals surface area contributed by atoms with Crippen molar-refractivity contribution in [1.82, 2.24) is 4.98 Å². The highest BCUT2D eigenvalue weighted by atomic mass is 15.2. The molecule has 1 aromatic heterocycles. The Hall–Kier alpha value is -1.09. The summed E-state index contributed by atoms with van der Waals surface area (Å²) in [5.74, 6) is 2.43. The number of hydrogen-bond acceptors (Lipinski definition) is 3. The molecule has 0 aromatic carbocycles. The highest BCUT2D eigenvalue weighted by Crippen LogP contribution is 2.27. The normalized spacial score (nSPS) is 19.4. The van der Waals surface area contributed by atoms with Crippen LogP contribution >= 0.6 is 0 Å². The van der Waals surface area contributed by atoms with Crippen LogP contribution in [-0.2, 0) is 6.54 Å². The number of hydrogen-bond donors (Lipinski definition) is 1. The number of rotatable bonds is 5. The molecule has 1 unspecified atom stereocenters. The molecule has 2 rings (SSSR count). The van der Waals surface area contributed by atoms with Crippen molar-refractivity contribution in [3.8, 4) is 0 Å². The molecular weight excluding hydrogens is 234 g/mol. The van der Waals surface area contributed by atoms with Crippen molar-refractivity contribution in [3.63, 3.8) is 0 Å². The van der Waals surface area contributed by atoms with Crippen LogP contribution in [0.2, 0.25) is 0 Å². The van der Waals surface area contributed by atoms with Crippen molar-refractivity contribution in [3.05, 3.63) is 23.4 Å². The van der Waals surface area contributed by atoms with Crippen molar-refractivity contribution in [1.29, 1.82) is 0 Å². The van der Waals surface area contributed by atoms with Gasteiger partial charge in [0.1, 0.15) is 5.82 Å². The topological polar surface area (TPSA) is 42.1 Å². The van der Waals surface area contributed by atoms with Gasteiger partial charge in [-0.1, -0.05) is 27.2 Å². The van der Waals surface area contributed by atoms with Gasteiger partial charge in [-0.15, -0.1) is 0 Å². The second-order valence-corrected chi connectivity index (χ2v) is 6.01. The Balaban J connectivity index is 2.17. The van der Waals surface area contributed by atoms with Gasteiger partial charge in [-0.3, -0.25) is 0 Å². The summed E-state index contributed by atoms with van der Waals surface area (Å²) in [4.78, 5) is 7.26. The van der Waals surface area contributed by atoms with Crippen LogP contribution in [-0.4, -0.2) is 18.1 Å². The molecule has 1 aliphatic heterocycles. The summed E-state index contributed by atoms with van der Waals surface area (Å²) in [5.41, 5.74) is 8.18. The molecule has 2 N–H and O–H groups in total. The van der Waals surface area contributed by atoms with Gasteiger partial charge in [-0.2, -0.15) is 0 Å². The molecule has 0 saturated carbocycles. The van der Waals surface area contributed by atoms with Crippen LogP contribution in [0.3, 0.4) is 0 Å². The summed E-state index contributed by atoms with van der Waals surface area (Å²) >= 11 is 0. The van der Waals surface area contributed by atoms with Crippen molar-refractivity contribution in [2.24, 2.45) is 11.7 Å². The SMILES string of the molecule is CCCC1CCN(c2cc(CN)cc(C(C)C)n2)C1. The highest BCUT2D eigenvalue weighted by molar-refractivity contribution is 5.44. The predicted molar refractivity (Wildman–Crippen MR) is 81.4 cm³/mol. The van der Waals surface area contributed by atoms with E-state index in [-0.39, 0.29) is 0 Å². The first-order valence-corrected chi connectivity index (χ1v) is 7.60. The zero-order valence-electron chi connectivity index (χ0n) is 12.5. The number of aromatic nitrogens is 1. The van der Waals surface area contributed by atoms with E-state index in [2.05, 4.69) is 37.8 Å². The van der Waals surface area contributed by atoms with E-state index >= 15 is 0 Å². The lowest BCUT2D eigenvalue weighted by Crippen LogP contribution is -2.22. The van der Waals surface area contributed by atoms with E-state index in [1.165, 1.54) is 24.8 Å². The molecule has 0 bridgehead atoms. The standard InChI is InChI=1S/C16H27N3/c1-4-5-13-6-7-19(11-13)16-9-14(10-17)8-15(18-16)12(2)3/h8-9,12-13H,4-7,10-11,17H2,1-3H3. The third kappa shape index (κ3) is 3.47. The Morgan fingerprint density at radius 3 is 2.84 bits per heavy atom. The van der Waals surface area contributed by atoms with E-state index in [1.807, 2.05) is 0 Å². The quantitative estimate of drug-likeness (QED) is 0.884. The Morgan fingerprint density at radius 2 is 2.21 bits per heavy atom. The monoisotopic (exact) mass is 261 g/mol. The molecular formula is C16H27N3. The van der Waals surface area contributed by atoms with Gasteiger partial charge in [0.15, 0.2) is 0 Å². The lowest BCUT2D eigenvalue weighted by molar-refractivity contribution is 0.529. The Kier molecular flexibility index (Phi) is 4.81. The lowest BCUT2D eigenvalue weighted by atomic mass is 10.0. The zero-order valence-corrected chi connectivity index (χ0v) is 12.5. The Labute approximate surface area is 117 Å². The highest BCUT2D eigenvalue weighted by Gasteiger charge is 2.23.